The van der Waals surface area contributed by atoms with Crippen molar-refractivity contribution in [2.45, 2.75) is 25.8 Å². The Labute approximate surface area is 116 Å². The van der Waals surface area contributed by atoms with E-state index in [9.17, 15) is 0 Å². The van der Waals surface area contributed by atoms with Gasteiger partial charge in [0.05, 0.1) is 0 Å². The standard InChI is InChI=1S/C16H25N3/c1-12-4-5-14(10-16(12)18(2)3)17-15-7-9-19-8-6-13(15)11-19/h4-5,10,13,15,17H,6-9,11H2,1-3H3. The van der Waals surface area contributed by atoms with E-state index in [2.05, 4.69) is 54.3 Å². The summed E-state index contributed by atoms with van der Waals surface area (Å²) >= 11 is 0. The van der Waals surface area contributed by atoms with Gasteiger partial charge in [-0.3, -0.25) is 0 Å². The molecule has 19 heavy (non-hydrogen) atoms. The minimum absolute atomic E-state index is 0.663. The van der Waals surface area contributed by atoms with Gasteiger partial charge in [0.1, 0.15) is 0 Å². The fourth-order valence-electron chi connectivity index (χ4n) is 3.54. The monoisotopic (exact) mass is 259 g/mol. The highest BCUT2D eigenvalue weighted by Crippen LogP contribution is 2.30. The van der Waals surface area contributed by atoms with Crippen molar-refractivity contribution in [1.82, 2.24) is 4.90 Å². The van der Waals surface area contributed by atoms with Crippen molar-refractivity contribution in [3.8, 4) is 0 Å². The van der Waals surface area contributed by atoms with Crippen molar-refractivity contribution in [3.05, 3.63) is 23.8 Å². The summed E-state index contributed by atoms with van der Waals surface area (Å²) in [6, 6.07) is 7.40. The molecule has 3 nitrogen and oxygen atoms in total. The van der Waals surface area contributed by atoms with Crippen molar-refractivity contribution in [3.63, 3.8) is 0 Å². The van der Waals surface area contributed by atoms with Gasteiger partial charge in [0.25, 0.3) is 0 Å². The van der Waals surface area contributed by atoms with E-state index < -0.39 is 0 Å². The van der Waals surface area contributed by atoms with E-state index >= 15 is 0 Å². The number of anilines is 2. The maximum absolute atomic E-state index is 3.78. The van der Waals surface area contributed by atoms with Gasteiger partial charge in [-0.25, -0.2) is 0 Å². The van der Waals surface area contributed by atoms with Crippen molar-refractivity contribution in [2.24, 2.45) is 5.92 Å². The molecule has 3 heteroatoms. The molecule has 3 rings (SSSR count). The SMILES string of the molecule is Cc1ccc(NC2CCN3CCC2C3)cc1N(C)C. The summed E-state index contributed by atoms with van der Waals surface area (Å²) in [5, 5.41) is 3.78. The molecule has 2 saturated heterocycles. The first kappa shape index (κ1) is 12.8. The van der Waals surface area contributed by atoms with E-state index in [0.29, 0.717) is 6.04 Å². The third-order valence-corrected chi connectivity index (χ3v) is 4.68. The van der Waals surface area contributed by atoms with Gasteiger partial charge >= 0.3 is 0 Å². The van der Waals surface area contributed by atoms with E-state index in [-0.39, 0.29) is 0 Å². The average molecular weight is 259 g/mol. The van der Waals surface area contributed by atoms with Gasteiger partial charge in [0.15, 0.2) is 0 Å². The van der Waals surface area contributed by atoms with Crippen LogP contribution < -0.4 is 10.2 Å². The molecule has 1 aromatic carbocycles. The molecular formula is C16H25N3. The number of rotatable bonds is 3. The molecule has 2 fully saturated rings. The summed E-state index contributed by atoms with van der Waals surface area (Å²) in [6.45, 7) is 6.04. The van der Waals surface area contributed by atoms with Gasteiger partial charge in [-0.05, 0) is 49.9 Å². The lowest BCUT2D eigenvalue weighted by atomic mass is 9.94. The molecule has 3 atom stereocenters. The zero-order valence-electron chi connectivity index (χ0n) is 12.3. The molecular weight excluding hydrogens is 234 g/mol. The Morgan fingerprint density at radius 3 is 2.79 bits per heavy atom. The zero-order valence-corrected chi connectivity index (χ0v) is 12.3. The van der Waals surface area contributed by atoms with Gasteiger partial charge in [-0.15, -0.1) is 0 Å². The highest BCUT2D eigenvalue weighted by molar-refractivity contribution is 5.62. The van der Waals surface area contributed by atoms with Crippen LogP contribution in [-0.4, -0.2) is 44.7 Å². The number of fused-ring (bicyclic) bond motifs is 2. The molecule has 0 saturated carbocycles. The highest BCUT2D eigenvalue weighted by atomic mass is 15.2. The third-order valence-electron chi connectivity index (χ3n) is 4.68. The minimum atomic E-state index is 0.663. The number of nitrogens with one attached hydrogen (secondary N) is 1. The number of aryl methyl sites for hydroxylation is 1. The van der Waals surface area contributed by atoms with E-state index in [1.807, 2.05) is 0 Å². The molecule has 0 amide bonds. The molecule has 2 aliphatic rings. The largest absolute Gasteiger partial charge is 0.382 e. The Morgan fingerprint density at radius 1 is 1.21 bits per heavy atom. The van der Waals surface area contributed by atoms with Gasteiger partial charge in [0, 0.05) is 44.6 Å². The van der Waals surface area contributed by atoms with Gasteiger partial charge in [-0.1, -0.05) is 6.07 Å². The van der Waals surface area contributed by atoms with E-state index in [1.54, 1.807) is 0 Å². The smallest absolute Gasteiger partial charge is 0.0411 e. The number of benzene rings is 1. The second-order valence-corrected chi connectivity index (χ2v) is 6.28. The summed E-state index contributed by atoms with van der Waals surface area (Å²) < 4.78 is 0. The molecule has 0 radical (unpaired) electrons. The lowest BCUT2D eigenvalue weighted by Crippen LogP contribution is -2.39. The summed E-state index contributed by atoms with van der Waals surface area (Å²) in [5.41, 5.74) is 3.93. The molecule has 1 aromatic rings. The lowest BCUT2D eigenvalue weighted by Gasteiger charge is -2.32. The molecule has 3 unspecified atom stereocenters. The second-order valence-electron chi connectivity index (χ2n) is 6.28. The maximum atomic E-state index is 3.78. The quantitative estimate of drug-likeness (QED) is 0.900. The summed E-state index contributed by atoms with van der Waals surface area (Å²) in [4.78, 5) is 4.79. The second kappa shape index (κ2) is 5.04. The maximum Gasteiger partial charge on any atom is 0.0411 e. The summed E-state index contributed by atoms with van der Waals surface area (Å²) in [7, 11) is 4.23. The fourth-order valence-corrected chi connectivity index (χ4v) is 3.54. The Bertz CT molecular complexity index is 455. The summed E-state index contributed by atoms with van der Waals surface area (Å²) in [5.74, 6) is 0.845. The Hall–Kier alpha value is -1.22. The minimum Gasteiger partial charge on any atom is -0.382 e. The fraction of sp³-hybridized carbons (Fsp3) is 0.625. The van der Waals surface area contributed by atoms with Crippen molar-refractivity contribution in [1.29, 1.82) is 0 Å². The van der Waals surface area contributed by atoms with Crippen molar-refractivity contribution >= 4 is 11.4 Å². The van der Waals surface area contributed by atoms with Crippen LogP contribution >= 0.6 is 0 Å². The zero-order chi connectivity index (χ0) is 13.4. The molecule has 2 heterocycles. The van der Waals surface area contributed by atoms with Crippen LogP contribution in [0.1, 0.15) is 18.4 Å². The van der Waals surface area contributed by atoms with E-state index in [1.165, 1.54) is 49.4 Å². The Kier molecular flexibility index (Phi) is 3.40. The van der Waals surface area contributed by atoms with Crippen LogP contribution in [-0.2, 0) is 0 Å². The first-order valence-electron chi connectivity index (χ1n) is 7.40. The average Bonchev–Trinajstić information content (AvgIpc) is 2.77. The first-order valence-corrected chi connectivity index (χ1v) is 7.40. The topological polar surface area (TPSA) is 18.5 Å². The van der Waals surface area contributed by atoms with Crippen LogP contribution in [0.2, 0.25) is 0 Å². The molecule has 1 N–H and O–H groups in total. The van der Waals surface area contributed by atoms with E-state index in [4.69, 9.17) is 0 Å². The van der Waals surface area contributed by atoms with Gasteiger partial charge < -0.3 is 15.1 Å². The van der Waals surface area contributed by atoms with Crippen LogP contribution in [0.4, 0.5) is 11.4 Å². The molecule has 0 spiro atoms. The normalized spacial score (nSPS) is 29.3. The Morgan fingerprint density at radius 2 is 2.00 bits per heavy atom. The number of hydrogen-bond donors (Lipinski definition) is 1. The van der Waals surface area contributed by atoms with Crippen LogP contribution in [0.5, 0.6) is 0 Å². The van der Waals surface area contributed by atoms with Gasteiger partial charge in [0.2, 0.25) is 0 Å². The molecule has 2 aliphatic heterocycles. The first-order chi connectivity index (χ1) is 9.13. The van der Waals surface area contributed by atoms with Crippen LogP contribution in [0, 0.1) is 12.8 Å². The van der Waals surface area contributed by atoms with Crippen LogP contribution in [0.25, 0.3) is 0 Å². The molecule has 0 aromatic heterocycles. The third kappa shape index (κ3) is 2.57. The molecule has 0 aliphatic carbocycles. The van der Waals surface area contributed by atoms with Crippen molar-refractivity contribution in [2.75, 3.05) is 43.9 Å². The predicted octanol–water partition coefficient (Wildman–Crippen LogP) is 2.57. The molecule has 2 bridgehead atoms. The van der Waals surface area contributed by atoms with Crippen LogP contribution in [0.3, 0.4) is 0 Å². The number of hydrogen-bond acceptors (Lipinski definition) is 3. The predicted molar refractivity (Wildman–Crippen MR) is 82.1 cm³/mol. The lowest BCUT2D eigenvalue weighted by molar-refractivity contribution is 0.255. The van der Waals surface area contributed by atoms with Gasteiger partial charge in [-0.2, -0.15) is 0 Å². The Balaban J connectivity index is 1.74. The van der Waals surface area contributed by atoms with E-state index in [0.717, 1.165) is 5.92 Å². The van der Waals surface area contributed by atoms with Crippen molar-refractivity contribution < 1.29 is 0 Å². The number of piperidine rings is 1. The number of nitrogens with zero attached hydrogens (tertiary/aromatic N) is 2. The van der Waals surface area contributed by atoms with Crippen LogP contribution in [0.15, 0.2) is 18.2 Å². The molecule has 104 valence electrons. The highest BCUT2D eigenvalue weighted by Gasteiger charge is 2.34. The summed E-state index contributed by atoms with van der Waals surface area (Å²) in [6.07, 6.45) is 2.65.